The molecule has 0 aliphatic carbocycles. The molecule has 5 rings (SSSR count). The summed E-state index contributed by atoms with van der Waals surface area (Å²) in [5.74, 6) is 0.818. The van der Waals surface area contributed by atoms with E-state index in [1.807, 2.05) is 30.8 Å². The Balaban J connectivity index is 0.00000144. The Labute approximate surface area is 215 Å². The van der Waals surface area contributed by atoms with Crippen molar-refractivity contribution >= 4 is 92.2 Å². The maximum Gasteiger partial charge on any atom is 0.188 e. The first-order valence-corrected chi connectivity index (χ1v) is 12.6. The molecular formula is C22H18Cl2N4S4. The van der Waals surface area contributed by atoms with Gasteiger partial charge in [-0.25, -0.2) is 9.97 Å². The molecule has 164 valence electrons. The van der Waals surface area contributed by atoms with Gasteiger partial charge in [0.05, 0.1) is 20.8 Å². The molecule has 4 heterocycles. The summed E-state index contributed by atoms with van der Waals surface area (Å²) in [6.07, 6.45) is 3.79. The summed E-state index contributed by atoms with van der Waals surface area (Å²) in [5, 5.41) is 8.36. The Kier molecular flexibility index (Phi) is 8.81. The highest BCUT2D eigenvalue weighted by Gasteiger charge is 2.12. The van der Waals surface area contributed by atoms with E-state index in [1.54, 1.807) is 46.2 Å². The Morgan fingerprint density at radius 3 is 2.47 bits per heavy atom. The lowest BCUT2D eigenvalue weighted by Crippen LogP contribution is -1.96. The maximum atomic E-state index is 4.74. The van der Waals surface area contributed by atoms with Crippen LogP contribution in [0.3, 0.4) is 0 Å². The molecule has 0 fully saturated rings. The highest BCUT2D eigenvalue weighted by Crippen LogP contribution is 2.40. The standard InChI is InChI=1S/C22H16N4S4.2ClH/c1-14-13-28-22(25-14)26-21-19(29-15-5-3-2-4-6-15)11-16(12-24-21)30-18-7-9-23-17-8-10-27-20(17)18;;/h2-13H,1H3,(H,24,25,26);2*1H. The molecule has 0 amide bonds. The van der Waals surface area contributed by atoms with Crippen LogP contribution in [-0.4, -0.2) is 15.0 Å². The van der Waals surface area contributed by atoms with Crippen molar-refractivity contribution in [2.45, 2.75) is 26.5 Å². The van der Waals surface area contributed by atoms with Crippen LogP contribution in [-0.2, 0) is 0 Å². The number of nitrogens with one attached hydrogen (secondary N) is 1. The number of thiophene rings is 1. The number of aryl methyl sites for hydroxylation is 1. The number of thiazole rings is 1. The van der Waals surface area contributed by atoms with E-state index in [9.17, 15) is 0 Å². The quantitative estimate of drug-likeness (QED) is 0.235. The molecule has 0 spiro atoms. The zero-order chi connectivity index (χ0) is 20.3. The van der Waals surface area contributed by atoms with Crippen molar-refractivity contribution in [3.8, 4) is 0 Å². The minimum Gasteiger partial charge on any atom is -0.315 e. The number of benzene rings is 1. The number of fused-ring (bicyclic) bond motifs is 1. The molecule has 10 heteroatoms. The third-order valence-electron chi connectivity index (χ3n) is 4.18. The van der Waals surface area contributed by atoms with Crippen molar-refractivity contribution in [2.24, 2.45) is 0 Å². The van der Waals surface area contributed by atoms with Crippen LogP contribution in [0.25, 0.3) is 10.2 Å². The van der Waals surface area contributed by atoms with E-state index in [2.05, 4.69) is 63.1 Å². The minimum absolute atomic E-state index is 0. The van der Waals surface area contributed by atoms with E-state index in [0.29, 0.717) is 0 Å². The van der Waals surface area contributed by atoms with Gasteiger partial charge in [-0.05, 0) is 42.6 Å². The van der Waals surface area contributed by atoms with Gasteiger partial charge in [-0.2, -0.15) is 0 Å². The average Bonchev–Trinajstić information content (AvgIpc) is 3.40. The second kappa shape index (κ2) is 11.4. The van der Waals surface area contributed by atoms with Crippen molar-refractivity contribution in [3.05, 3.63) is 77.4 Å². The van der Waals surface area contributed by atoms with Crippen LogP contribution in [0.1, 0.15) is 5.69 Å². The van der Waals surface area contributed by atoms with Gasteiger partial charge in [0.1, 0.15) is 5.82 Å². The molecule has 0 unspecified atom stereocenters. The predicted octanol–water partition coefficient (Wildman–Crippen LogP) is 8.35. The van der Waals surface area contributed by atoms with Gasteiger partial charge in [-0.1, -0.05) is 41.7 Å². The number of hydrogen-bond acceptors (Lipinski definition) is 8. The van der Waals surface area contributed by atoms with Crippen LogP contribution in [0.5, 0.6) is 0 Å². The minimum atomic E-state index is 0. The zero-order valence-corrected chi connectivity index (χ0v) is 21.6. The SMILES string of the molecule is Cc1csc(Nc2ncc(Sc3ccnc4ccsc34)cc2Sc2ccccc2)n1.Cl.Cl. The number of halogens is 2. The Morgan fingerprint density at radius 1 is 0.875 bits per heavy atom. The molecule has 0 radical (unpaired) electrons. The molecule has 32 heavy (non-hydrogen) atoms. The molecular weight excluding hydrogens is 519 g/mol. The molecule has 0 atom stereocenters. The smallest absolute Gasteiger partial charge is 0.188 e. The summed E-state index contributed by atoms with van der Waals surface area (Å²) in [4.78, 5) is 18.2. The summed E-state index contributed by atoms with van der Waals surface area (Å²) < 4.78 is 1.21. The molecule has 4 nitrogen and oxygen atoms in total. The summed E-state index contributed by atoms with van der Waals surface area (Å²) >= 11 is 6.72. The lowest BCUT2D eigenvalue weighted by molar-refractivity contribution is 1.14. The van der Waals surface area contributed by atoms with E-state index in [-0.39, 0.29) is 24.8 Å². The van der Waals surface area contributed by atoms with Crippen LogP contribution in [0.15, 0.2) is 91.3 Å². The first-order chi connectivity index (χ1) is 14.7. The van der Waals surface area contributed by atoms with Crippen molar-refractivity contribution in [1.29, 1.82) is 0 Å². The third kappa shape index (κ3) is 5.75. The van der Waals surface area contributed by atoms with Gasteiger partial charge in [0.25, 0.3) is 0 Å². The lowest BCUT2D eigenvalue weighted by atomic mass is 10.4. The second-order valence-corrected chi connectivity index (χ2v) is 10.4. The predicted molar refractivity (Wildman–Crippen MR) is 143 cm³/mol. The largest absolute Gasteiger partial charge is 0.315 e. The second-order valence-electron chi connectivity index (χ2n) is 6.40. The summed E-state index contributed by atoms with van der Waals surface area (Å²) in [7, 11) is 0. The number of pyridine rings is 2. The first kappa shape index (κ1) is 24.8. The van der Waals surface area contributed by atoms with Crippen LogP contribution in [0.4, 0.5) is 10.9 Å². The van der Waals surface area contributed by atoms with Gasteiger partial charge in [-0.15, -0.1) is 47.5 Å². The molecule has 0 saturated carbocycles. The van der Waals surface area contributed by atoms with Crippen LogP contribution in [0, 0.1) is 6.92 Å². The molecule has 0 saturated heterocycles. The normalized spacial score (nSPS) is 10.4. The molecule has 4 aromatic heterocycles. The Bertz CT molecular complexity index is 1310. The molecule has 1 aromatic carbocycles. The third-order valence-corrected chi connectivity index (χ3v) is 8.18. The van der Waals surface area contributed by atoms with Gasteiger partial charge in [-0.3, -0.25) is 4.98 Å². The highest BCUT2D eigenvalue weighted by atomic mass is 35.5. The first-order valence-electron chi connectivity index (χ1n) is 9.17. The van der Waals surface area contributed by atoms with E-state index in [0.717, 1.165) is 32.0 Å². The lowest BCUT2D eigenvalue weighted by Gasteiger charge is -2.11. The topological polar surface area (TPSA) is 50.7 Å². The molecule has 0 bridgehead atoms. The van der Waals surface area contributed by atoms with Crippen LogP contribution < -0.4 is 5.32 Å². The van der Waals surface area contributed by atoms with Crippen molar-refractivity contribution in [3.63, 3.8) is 0 Å². The molecule has 0 aliphatic heterocycles. The summed E-state index contributed by atoms with van der Waals surface area (Å²) in [5.41, 5.74) is 2.04. The van der Waals surface area contributed by atoms with Gasteiger partial charge in [0.2, 0.25) is 0 Å². The van der Waals surface area contributed by atoms with Gasteiger partial charge < -0.3 is 5.32 Å². The number of hydrogen-bond donors (Lipinski definition) is 1. The van der Waals surface area contributed by atoms with Crippen molar-refractivity contribution < 1.29 is 0 Å². The van der Waals surface area contributed by atoms with E-state index in [1.165, 1.54) is 14.5 Å². The summed E-state index contributed by atoms with van der Waals surface area (Å²) in [6.45, 7) is 1.99. The monoisotopic (exact) mass is 536 g/mol. The molecule has 1 N–H and O–H groups in total. The average molecular weight is 538 g/mol. The van der Waals surface area contributed by atoms with E-state index < -0.39 is 0 Å². The number of aromatic nitrogens is 3. The van der Waals surface area contributed by atoms with E-state index >= 15 is 0 Å². The van der Waals surface area contributed by atoms with Gasteiger partial charge in [0, 0.05) is 32.5 Å². The Hall–Kier alpha value is -1.81. The van der Waals surface area contributed by atoms with Crippen LogP contribution >= 0.6 is 71.0 Å². The van der Waals surface area contributed by atoms with Crippen molar-refractivity contribution in [1.82, 2.24) is 15.0 Å². The van der Waals surface area contributed by atoms with E-state index in [4.69, 9.17) is 4.98 Å². The van der Waals surface area contributed by atoms with Crippen LogP contribution in [0.2, 0.25) is 0 Å². The van der Waals surface area contributed by atoms with Gasteiger partial charge >= 0.3 is 0 Å². The fourth-order valence-electron chi connectivity index (χ4n) is 2.84. The molecule has 0 aliphatic rings. The number of rotatable bonds is 6. The molecule has 5 aromatic rings. The van der Waals surface area contributed by atoms with Crippen molar-refractivity contribution in [2.75, 3.05) is 5.32 Å². The number of anilines is 2. The number of nitrogens with zero attached hydrogens (tertiary/aromatic N) is 3. The highest BCUT2D eigenvalue weighted by molar-refractivity contribution is 8.00. The fraction of sp³-hybridized carbons (Fsp3) is 0.0455. The van der Waals surface area contributed by atoms with Gasteiger partial charge in [0.15, 0.2) is 5.13 Å². The maximum absolute atomic E-state index is 4.74. The Morgan fingerprint density at radius 2 is 1.69 bits per heavy atom. The summed E-state index contributed by atoms with van der Waals surface area (Å²) in [6, 6.07) is 16.7. The zero-order valence-electron chi connectivity index (χ0n) is 16.7. The fourth-order valence-corrected chi connectivity index (χ4v) is 6.42.